The zero-order valence-corrected chi connectivity index (χ0v) is 10.3. The van der Waals surface area contributed by atoms with Gasteiger partial charge in [0.1, 0.15) is 0 Å². The van der Waals surface area contributed by atoms with Crippen LogP contribution in [0.15, 0.2) is 24.3 Å². The van der Waals surface area contributed by atoms with E-state index in [4.69, 9.17) is 5.11 Å². The molecular formula is C12H15N3O4. The van der Waals surface area contributed by atoms with Crippen molar-refractivity contribution < 1.29 is 14.8 Å². The van der Waals surface area contributed by atoms with Gasteiger partial charge < -0.3 is 15.7 Å². The normalized spacial score (nSPS) is 15.6. The molecule has 1 aromatic rings. The van der Waals surface area contributed by atoms with Gasteiger partial charge in [0.2, 0.25) is 0 Å². The minimum Gasteiger partial charge on any atom is -0.396 e. The largest absolute Gasteiger partial charge is 0.396 e. The first-order valence-corrected chi connectivity index (χ1v) is 5.95. The highest BCUT2D eigenvalue weighted by molar-refractivity contribution is 5.89. The lowest BCUT2D eigenvalue weighted by Gasteiger charge is -2.13. The average Bonchev–Trinajstić information content (AvgIpc) is 3.18. The Morgan fingerprint density at radius 1 is 1.37 bits per heavy atom. The molecular weight excluding hydrogens is 250 g/mol. The van der Waals surface area contributed by atoms with Crippen molar-refractivity contribution in [1.29, 1.82) is 0 Å². The zero-order chi connectivity index (χ0) is 13.9. The molecule has 0 aliphatic heterocycles. The fraction of sp³-hybridized carbons (Fsp3) is 0.417. The molecule has 0 unspecified atom stereocenters. The Balaban J connectivity index is 1.83. The highest BCUT2D eigenvalue weighted by atomic mass is 16.6. The molecule has 1 aliphatic carbocycles. The number of nitro benzene ring substituents is 1. The van der Waals surface area contributed by atoms with E-state index >= 15 is 0 Å². The van der Waals surface area contributed by atoms with E-state index in [-0.39, 0.29) is 23.7 Å². The molecule has 102 valence electrons. The molecule has 7 heteroatoms. The molecule has 0 aromatic heterocycles. The molecule has 1 fully saturated rings. The predicted octanol–water partition coefficient (Wildman–Crippen LogP) is 1.49. The molecule has 3 N–H and O–H groups in total. The number of urea groups is 1. The quantitative estimate of drug-likeness (QED) is 0.554. The van der Waals surface area contributed by atoms with Crippen LogP contribution >= 0.6 is 0 Å². The van der Waals surface area contributed by atoms with Crippen molar-refractivity contribution in [2.45, 2.75) is 12.8 Å². The van der Waals surface area contributed by atoms with E-state index in [1.54, 1.807) is 0 Å². The van der Waals surface area contributed by atoms with Crippen LogP contribution in [0.2, 0.25) is 0 Å². The van der Waals surface area contributed by atoms with Gasteiger partial charge >= 0.3 is 6.03 Å². The molecule has 1 aliphatic rings. The molecule has 2 rings (SSSR count). The van der Waals surface area contributed by atoms with Crippen molar-refractivity contribution in [2.75, 3.05) is 18.5 Å². The number of non-ortho nitro benzene ring substituents is 1. The number of aliphatic hydroxyl groups is 1. The van der Waals surface area contributed by atoms with Gasteiger partial charge in [-0.2, -0.15) is 0 Å². The van der Waals surface area contributed by atoms with E-state index in [9.17, 15) is 14.9 Å². The van der Waals surface area contributed by atoms with Gasteiger partial charge in [-0.25, -0.2) is 4.79 Å². The highest BCUT2D eigenvalue weighted by Gasteiger charge is 2.42. The van der Waals surface area contributed by atoms with Crippen molar-refractivity contribution in [2.24, 2.45) is 5.41 Å². The molecule has 1 aromatic carbocycles. The van der Waals surface area contributed by atoms with E-state index in [0.717, 1.165) is 12.8 Å². The monoisotopic (exact) mass is 265 g/mol. The zero-order valence-electron chi connectivity index (χ0n) is 10.3. The van der Waals surface area contributed by atoms with Gasteiger partial charge in [0.25, 0.3) is 5.69 Å². The van der Waals surface area contributed by atoms with Gasteiger partial charge in [-0.3, -0.25) is 10.1 Å². The lowest BCUT2D eigenvalue weighted by molar-refractivity contribution is -0.384. The summed E-state index contributed by atoms with van der Waals surface area (Å²) < 4.78 is 0. The predicted molar refractivity (Wildman–Crippen MR) is 68.9 cm³/mol. The topological polar surface area (TPSA) is 104 Å². The smallest absolute Gasteiger partial charge is 0.319 e. The Morgan fingerprint density at radius 3 is 2.47 bits per heavy atom. The summed E-state index contributed by atoms with van der Waals surface area (Å²) in [5.41, 5.74) is 0.312. The fourth-order valence-electron chi connectivity index (χ4n) is 1.68. The Hall–Kier alpha value is -2.15. The summed E-state index contributed by atoms with van der Waals surface area (Å²) >= 11 is 0. The number of rotatable bonds is 5. The number of hydrogen-bond donors (Lipinski definition) is 3. The molecule has 0 spiro atoms. The third-order valence-electron chi connectivity index (χ3n) is 3.25. The maximum atomic E-state index is 11.6. The number of carbonyl (C=O) groups excluding carboxylic acids is 1. The summed E-state index contributed by atoms with van der Waals surface area (Å²) in [7, 11) is 0. The third kappa shape index (κ3) is 3.41. The second kappa shape index (κ2) is 5.23. The number of aliphatic hydroxyl groups excluding tert-OH is 1. The Morgan fingerprint density at radius 2 is 2.00 bits per heavy atom. The van der Waals surface area contributed by atoms with Crippen molar-refractivity contribution in [1.82, 2.24) is 5.32 Å². The van der Waals surface area contributed by atoms with Crippen molar-refractivity contribution >= 4 is 17.4 Å². The van der Waals surface area contributed by atoms with Gasteiger partial charge in [0.05, 0.1) is 11.5 Å². The maximum absolute atomic E-state index is 11.6. The van der Waals surface area contributed by atoms with Gasteiger partial charge in [-0.05, 0) is 25.0 Å². The number of hydrogen-bond acceptors (Lipinski definition) is 4. The van der Waals surface area contributed by atoms with Crippen molar-refractivity contribution in [3.8, 4) is 0 Å². The lowest BCUT2D eigenvalue weighted by atomic mass is 10.1. The number of anilines is 1. The molecule has 0 bridgehead atoms. The van der Waals surface area contributed by atoms with Crippen LogP contribution in [0, 0.1) is 15.5 Å². The first kappa shape index (κ1) is 13.3. The van der Waals surface area contributed by atoms with Crippen LogP contribution in [0.3, 0.4) is 0 Å². The average molecular weight is 265 g/mol. The maximum Gasteiger partial charge on any atom is 0.319 e. The van der Waals surface area contributed by atoms with Crippen LogP contribution < -0.4 is 10.6 Å². The lowest BCUT2D eigenvalue weighted by Crippen LogP contribution is -2.35. The van der Waals surface area contributed by atoms with Crippen molar-refractivity contribution in [3.63, 3.8) is 0 Å². The van der Waals surface area contributed by atoms with E-state index in [0.29, 0.717) is 12.2 Å². The number of benzene rings is 1. The number of carbonyl (C=O) groups is 1. The minimum absolute atomic E-state index is 0.0248. The van der Waals surface area contributed by atoms with Crippen LogP contribution in [0.4, 0.5) is 16.2 Å². The number of nitro groups is 1. The van der Waals surface area contributed by atoms with Crippen LogP contribution in [-0.4, -0.2) is 29.2 Å². The van der Waals surface area contributed by atoms with Gasteiger partial charge in [0.15, 0.2) is 0 Å². The molecule has 7 nitrogen and oxygen atoms in total. The summed E-state index contributed by atoms with van der Waals surface area (Å²) in [6.45, 7) is 0.507. The van der Waals surface area contributed by atoms with E-state index in [2.05, 4.69) is 10.6 Å². The summed E-state index contributed by atoms with van der Waals surface area (Å²) in [6.07, 6.45) is 1.84. The minimum atomic E-state index is -0.498. The van der Waals surface area contributed by atoms with E-state index < -0.39 is 4.92 Å². The Kier molecular flexibility index (Phi) is 3.66. The summed E-state index contributed by atoms with van der Waals surface area (Å²) in [4.78, 5) is 21.6. The van der Waals surface area contributed by atoms with Gasteiger partial charge in [0, 0.05) is 29.8 Å². The Bertz CT molecular complexity index is 482. The fourth-order valence-corrected chi connectivity index (χ4v) is 1.68. The highest BCUT2D eigenvalue weighted by Crippen LogP contribution is 2.44. The van der Waals surface area contributed by atoms with Gasteiger partial charge in [-0.1, -0.05) is 0 Å². The second-order valence-electron chi connectivity index (χ2n) is 4.77. The molecule has 0 heterocycles. The van der Waals surface area contributed by atoms with Crippen LogP contribution in [0.5, 0.6) is 0 Å². The molecule has 19 heavy (non-hydrogen) atoms. The van der Waals surface area contributed by atoms with Crippen molar-refractivity contribution in [3.05, 3.63) is 34.4 Å². The first-order valence-electron chi connectivity index (χ1n) is 5.95. The summed E-state index contributed by atoms with van der Waals surface area (Å²) in [6, 6.07) is 5.21. The third-order valence-corrected chi connectivity index (χ3v) is 3.25. The van der Waals surface area contributed by atoms with Crippen LogP contribution in [-0.2, 0) is 0 Å². The molecule has 2 amide bonds. The van der Waals surface area contributed by atoms with Crippen LogP contribution in [0.1, 0.15) is 12.8 Å². The molecule has 0 saturated heterocycles. The molecule has 0 radical (unpaired) electrons. The number of nitrogens with one attached hydrogen (secondary N) is 2. The standard InChI is InChI=1S/C12H15N3O4/c16-8-12(5-6-12)7-13-11(17)14-9-1-3-10(4-2-9)15(18)19/h1-4,16H,5-8H2,(H2,13,14,17). The van der Waals surface area contributed by atoms with Crippen LogP contribution in [0.25, 0.3) is 0 Å². The Labute approximate surface area is 109 Å². The number of nitrogens with zero attached hydrogens (tertiary/aromatic N) is 1. The molecule has 0 atom stereocenters. The molecule has 1 saturated carbocycles. The SMILES string of the molecule is O=C(NCC1(CO)CC1)Nc1ccc([N+](=O)[O-])cc1. The van der Waals surface area contributed by atoms with E-state index in [1.165, 1.54) is 24.3 Å². The second-order valence-corrected chi connectivity index (χ2v) is 4.77. The van der Waals surface area contributed by atoms with E-state index in [1.807, 2.05) is 0 Å². The van der Waals surface area contributed by atoms with Gasteiger partial charge in [-0.15, -0.1) is 0 Å². The number of amides is 2. The summed E-state index contributed by atoms with van der Waals surface area (Å²) in [5, 5.41) is 24.8. The first-order chi connectivity index (χ1) is 9.04. The summed E-state index contributed by atoms with van der Waals surface area (Å²) in [5.74, 6) is 0.